The molecule has 3 aromatic rings. The number of anilines is 2. The lowest BCUT2D eigenvalue weighted by molar-refractivity contribution is -0.114. The van der Waals surface area contributed by atoms with E-state index in [9.17, 15) is 9.59 Å². The molecule has 0 saturated heterocycles. The van der Waals surface area contributed by atoms with Crippen molar-refractivity contribution in [3.05, 3.63) is 58.0 Å². The van der Waals surface area contributed by atoms with Gasteiger partial charge in [-0.3, -0.25) is 14.0 Å². The molecule has 2 amide bonds. The van der Waals surface area contributed by atoms with E-state index in [2.05, 4.69) is 31.5 Å². The molecule has 0 spiro atoms. The number of carbonyl (C=O) groups is 2. The highest BCUT2D eigenvalue weighted by Crippen LogP contribution is 2.24. The van der Waals surface area contributed by atoms with E-state index in [-0.39, 0.29) is 11.8 Å². The van der Waals surface area contributed by atoms with E-state index >= 15 is 0 Å². The Balaban J connectivity index is 2.01. The molecule has 3 rings (SSSR count). The number of aryl methyl sites for hydroxylation is 2. The van der Waals surface area contributed by atoms with E-state index in [4.69, 9.17) is 0 Å². The van der Waals surface area contributed by atoms with Gasteiger partial charge >= 0.3 is 0 Å². The normalized spacial score (nSPS) is 10.8. The van der Waals surface area contributed by atoms with Gasteiger partial charge < -0.3 is 10.6 Å². The van der Waals surface area contributed by atoms with E-state index in [1.54, 1.807) is 10.5 Å². The summed E-state index contributed by atoms with van der Waals surface area (Å²) < 4.78 is 2.66. The zero-order chi connectivity index (χ0) is 19.6. The summed E-state index contributed by atoms with van der Waals surface area (Å²) in [5.41, 5.74) is 4.29. The minimum Gasteiger partial charge on any atom is -0.326 e. The Morgan fingerprint density at radius 3 is 2.56 bits per heavy atom. The number of carbonyl (C=O) groups excluding carboxylic acids is 2. The number of pyridine rings is 1. The van der Waals surface area contributed by atoms with Gasteiger partial charge in [-0.05, 0) is 58.6 Å². The van der Waals surface area contributed by atoms with Gasteiger partial charge in [-0.2, -0.15) is 0 Å². The summed E-state index contributed by atoms with van der Waals surface area (Å²) in [6.07, 6.45) is 3.24. The molecule has 0 aliphatic rings. The Kier molecular flexibility index (Phi) is 5.60. The van der Waals surface area contributed by atoms with Gasteiger partial charge in [0, 0.05) is 29.0 Å². The third kappa shape index (κ3) is 4.03. The Hall–Kier alpha value is -2.67. The number of nitrogens with zero attached hydrogens (tertiary/aromatic N) is 2. The summed E-state index contributed by atoms with van der Waals surface area (Å²) in [7, 11) is 0. The second-order valence-electron chi connectivity index (χ2n) is 6.20. The fourth-order valence-electron chi connectivity index (χ4n) is 3.02. The smallest absolute Gasteiger partial charge is 0.274 e. The molecule has 1 aromatic carbocycles. The first-order chi connectivity index (χ1) is 12.9. The van der Waals surface area contributed by atoms with E-state index in [1.807, 2.05) is 44.3 Å². The highest BCUT2D eigenvalue weighted by molar-refractivity contribution is 9.10. The fraction of sp³-hybridized carbons (Fsp3) is 0.250. The predicted octanol–water partition coefficient (Wildman–Crippen LogP) is 4.43. The summed E-state index contributed by atoms with van der Waals surface area (Å²) in [6, 6.07) is 9.29. The number of rotatable bonds is 5. The monoisotopic (exact) mass is 428 g/mol. The van der Waals surface area contributed by atoms with Crippen LogP contribution in [0.5, 0.6) is 0 Å². The Morgan fingerprint density at radius 2 is 1.89 bits per heavy atom. The second kappa shape index (κ2) is 7.92. The minimum atomic E-state index is -0.230. The molecule has 0 saturated carbocycles. The summed E-state index contributed by atoms with van der Waals surface area (Å²) in [4.78, 5) is 29.0. The van der Waals surface area contributed by atoms with Crippen LogP contribution < -0.4 is 10.6 Å². The maximum atomic E-state index is 13.1. The van der Waals surface area contributed by atoms with Crippen molar-refractivity contribution in [3.8, 4) is 0 Å². The molecule has 0 fully saturated rings. The van der Waals surface area contributed by atoms with Gasteiger partial charge in [-0.15, -0.1) is 0 Å². The molecule has 0 bridgehead atoms. The van der Waals surface area contributed by atoms with Crippen molar-refractivity contribution < 1.29 is 9.59 Å². The predicted molar refractivity (Wildman–Crippen MR) is 110 cm³/mol. The lowest BCUT2D eigenvalue weighted by atomic mass is 10.1. The lowest BCUT2D eigenvalue weighted by Gasteiger charge is -2.13. The highest BCUT2D eigenvalue weighted by Gasteiger charge is 2.19. The number of amides is 2. The first kappa shape index (κ1) is 19.1. The zero-order valence-corrected chi connectivity index (χ0v) is 17.1. The molecule has 0 aliphatic carbocycles. The molecule has 2 N–H and O–H groups in total. The van der Waals surface area contributed by atoms with Crippen LogP contribution in [0.15, 0.2) is 41.0 Å². The van der Waals surface area contributed by atoms with E-state index in [1.165, 1.54) is 6.92 Å². The van der Waals surface area contributed by atoms with Crippen LogP contribution in [0.3, 0.4) is 0 Å². The number of benzene rings is 1. The average molecular weight is 429 g/mol. The molecule has 27 heavy (non-hydrogen) atoms. The minimum absolute atomic E-state index is 0.156. The van der Waals surface area contributed by atoms with Crippen LogP contribution in [0, 0.1) is 0 Å². The molecule has 7 heteroatoms. The first-order valence-corrected chi connectivity index (χ1v) is 9.60. The number of halogens is 1. The van der Waals surface area contributed by atoms with Crippen LogP contribution in [0.2, 0.25) is 0 Å². The Morgan fingerprint density at radius 1 is 1.11 bits per heavy atom. The standard InChI is InChI=1S/C20H21BrN4O2/c1-4-13-6-8-15(22-12(3)26)10-17(13)24-20(27)19-16(5-2)23-18-9-7-14(21)11-25(18)19/h6-11H,4-5H2,1-3H3,(H,22,26)(H,24,27). The third-order valence-corrected chi connectivity index (χ3v) is 4.73. The van der Waals surface area contributed by atoms with Crippen molar-refractivity contribution in [3.63, 3.8) is 0 Å². The van der Waals surface area contributed by atoms with Gasteiger partial charge in [0.2, 0.25) is 5.91 Å². The molecule has 6 nitrogen and oxygen atoms in total. The van der Waals surface area contributed by atoms with Crippen LogP contribution in [0.1, 0.15) is 42.5 Å². The first-order valence-electron chi connectivity index (χ1n) is 8.81. The fourth-order valence-corrected chi connectivity index (χ4v) is 3.35. The largest absolute Gasteiger partial charge is 0.326 e. The summed E-state index contributed by atoms with van der Waals surface area (Å²) in [5.74, 6) is -0.386. The van der Waals surface area contributed by atoms with Crippen molar-refractivity contribution in [2.24, 2.45) is 0 Å². The molecule has 0 radical (unpaired) electrons. The van der Waals surface area contributed by atoms with Gasteiger partial charge in [-0.1, -0.05) is 19.9 Å². The van der Waals surface area contributed by atoms with Gasteiger partial charge in [0.05, 0.1) is 5.69 Å². The van der Waals surface area contributed by atoms with Crippen molar-refractivity contribution in [1.82, 2.24) is 9.38 Å². The van der Waals surface area contributed by atoms with Gasteiger partial charge in [0.1, 0.15) is 11.3 Å². The van der Waals surface area contributed by atoms with Crippen molar-refractivity contribution >= 4 is 44.8 Å². The molecule has 0 aliphatic heterocycles. The quantitative estimate of drug-likeness (QED) is 0.630. The Bertz CT molecular complexity index is 1030. The number of imidazole rings is 1. The lowest BCUT2D eigenvalue weighted by Crippen LogP contribution is -2.17. The molecular weight excluding hydrogens is 408 g/mol. The molecule has 140 valence electrons. The molecule has 0 atom stereocenters. The summed E-state index contributed by atoms with van der Waals surface area (Å²) in [5, 5.41) is 5.75. The van der Waals surface area contributed by atoms with Crippen LogP contribution in [0.25, 0.3) is 5.65 Å². The average Bonchev–Trinajstić information content (AvgIpc) is 2.99. The molecule has 0 unspecified atom stereocenters. The SMILES string of the molecule is CCc1ccc(NC(C)=O)cc1NC(=O)c1c(CC)nc2ccc(Br)cn12. The van der Waals surface area contributed by atoms with E-state index < -0.39 is 0 Å². The van der Waals surface area contributed by atoms with Crippen molar-refractivity contribution in [2.75, 3.05) is 10.6 Å². The second-order valence-corrected chi connectivity index (χ2v) is 7.11. The van der Waals surface area contributed by atoms with Gasteiger partial charge in [0.25, 0.3) is 5.91 Å². The van der Waals surface area contributed by atoms with Crippen molar-refractivity contribution in [1.29, 1.82) is 0 Å². The highest BCUT2D eigenvalue weighted by atomic mass is 79.9. The summed E-state index contributed by atoms with van der Waals surface area (Å²) in [6.45, 7) is 5.45. The zero-order valence-electron chi connectivity index (χ0n) is 15.5. The van der Waals surface area contributed by atoms with Crippen LogP contribution in [0.4, 0.5) is 11.4 Å². The van der Waals surface area contributed by atoms with Crippen LogP contribution >= 0.6 is 15.9 Å². The van der Waals surface area contributed by atoms with E-state index in [0.717, 1.165) is 27.8 Å². The van der Waals surface area contributed by atoms with Crippen LogP contribution in [-0.4, -0.2) is 21.2 Å². The number of hydrogen-bond donors (Lipinski definition) is 2. The topological polar surface area (TPSA) is 75.5 Å². The number of fused-ring (bicyclic) bond motifs is 1. The van der Waals surface area contributed by atoms with Gasteiger partial charge in [-0.25, -0.2) is 4.98 Å². The third-order valence-electron chi connectivity index (χ3n) is 4.26. The maximum Gasteiger partial charge on any atom is 0.274 e. The number of nitrogens with one attached hydrogen (secondary N) is 2. The van der Waals surface area contributed by atoms with Gasteiger partial charge in [0.15, 0.2) is 0 Å². The molecule has 2 aromatic heterocycles. The number of hydrogen-bond acceptors (Lipinski definition) is 3. The Labute approximate surface area is 166 Å². The maximum absolute atomic E-state index is 13.1. The number of aromatic nitrogens is 2. The molecule has 2 heterocycles. The summed E-state index contributed by atoms with van der Waals surface area (Å²) >= 11 is 3.45. The molecular formula is C20H21BrN4O2. The van der Waals surface area contributed by atoms with Crippen molar-refractivity contribution in [2.45, 2.75) is 33.6 Å². The van der Waals surface area contributed by atoms with E-state index in [0.29, 0.717) is 23.5 Å². The van der Waals surface area contributed by atoms with Crippen LogP contribution in [-0.2, 0) is 17.6 Å².